The second-order valence-corrected chi connectivity index (χ2v) is 6.36. The Bertz CT molecular complexity index is 367. The molecule has 2 unspecified atom stereocenters. The molecule has 1 aliphatic heterocycles. The van der Waals surface area contributed by atoms with Gasteiger partial charge in [-0.2, -0.15) is 0 Å². The molecule has 0 amide bonds. The summed E-state index contributed by atoms with van der Waals surface area (Å²) in [6, 6.07) is 8.26. The lowest BCUT2D eigenvalue weighted by atomic mass is 9.86. The van der Waals surface area contributed by atoms with E-state index in [2.05, 4.69) is 32.9 Å². The van der Waals surface area contributed by atoms with Crippen molar-refractivity contribution in [1.29, 1.82) is 0 Å². The Morgan fingerprint density at radius 2 is 2.06 bits per heavy atom. The Balaban J connectivity index is 1.74. The molecule has 0 bridgehead atoms. The maximum absolute atomic E-state index is 9.99. The summed E-state index contributed by atoms with van der Waals surface area (Å²) in [4.78, 5) is 0. The molecule has 0 aliphatic carbocycles. The molecule has 18 heavy (non-hydrogen) atoms. The number of para-hydroxylation sites is 1. The third-order valence-electron chi connectivity index (χ3n) is 3.72. The molecule has 1 N–H and O–H groups in total. The van der Waals surface area contributed by atoms with Crippen molar-refractivity contribution in [2.45, 2.75) is 58.7 Å². The predicted octanol–water partition coefficient (Wildman–Crippen LogP) is 3.57. The third kappa shape index (κ3) is 3.26. The van der Waals surface area contributed by atoms with Gasteiger partial charge in [-0.3, -0.25) is 0 Å². The van der Waals surface area contributed by atoms with E-state index in [-0.39, 0.29) is 11.5 Å². The molecule has 0 fully saturated rings. The van der Waals surface area contributed by atoms with Crippen LogP contribution in [0.5, 0.6) is 5.75 Å². The summed E-state index contributed by atoms with van der Waals surface area (Å²) in [6.07, 6.45) is 4.01. The average Bonchev–Trinajstić information content (AvgIpc) is 2.70. The number of aliphatic hydroxyl groups is 1. The number of fused-ring (bicyclic) bond motifs is 1. The lowest BCUT2D eigenvalue weighted by molar-refractivity contribution is 0.0508. The van der Waals surface area contributed by atoms with Crippen molar-refractivity contribution in [1.82, 2.24) is 0 Å². The van der Waals surface area contributed by atoms with Crippen molar-refractivity contribution in [2.75, 3.05) is 0 Å². The van der Waals surface area contributed by atoms with Crippen molar-refractivity contribution in [2.24, 2.45) is 5.41 Å². The molecule has 0 saturated heterocycles. The summed E-state index contributed by atoms with van der Waals surface area (Å²) in [6.45, 7) is 6.25. The molecule has 2 heteroatoms. The van der Waals surface area contributed by atoms with Gasteiger partial charge in [-0.1, -0.05) is 39.0 Å². The normalized spacial score (nSPS) is 20.3. The van der Waals surface area contributed by atoms with Gasteiger partial charge in [0.15, 0.2) is 0 Å². The highest BCUT2D eigenvalue weighted by Gasteiger charge is 2.24. The fraction of sp³-hybridized carbons (Fsp3) is 0.625. The van der Waals surface area contributed by atoms with E-state index >= 15 is 0 Å². The quantitative estimate of drug-likeness (QED) is 0.882. The first kappa shape index (κ1) is 13.4. The van der Waals surface area contributed by atoms with E-state index < -0.39 is 0 Å². The Hall–Kier alpha value is -1.02. The van der Waals surface area contributed by atoms with Crippen molar-refractivity contribution in [3.63, 3.8) is 0 Å². The van der Waals surface area contributed by atoms with Crippen LogP contribution in [0.4, 0.5) is 0 Å². The highest BCUT2D eigenvalue weighted by molar-refractivity contribution is 5.37. The van der Waals surface area contributed by atoms with Crippen LogP contribution in [0.2, 0.25) is 0 Å². The second kappa shape index (κ2) is 5.31. The molecule has 0 spiro atoms. The summed E-state index contributed by atoms with van der Waals surface area (Å²) in [5.41, 5.74) is 1.30. The lowest BCUT2D eigenvalue weighted by Crippen LogP contribution is -2.26. The van der Waals surface area contributed by atoms with Crippen molar-refractivity contribution >= 4 is 0 Å². The van der Waals surface area contributed by atoms with Crippen LogP contribution in [0.3, 0.4) is 0 Å². The molecule has 1 aliphatic rings. The first-order valence-corrected chi connectivity index (χ1v) is 6.89. The Kier molecular flexibility index (Phi) is 3.96. The van der Waals surface area contributed by atoms with E-state index in [1.54, 1.807) is 0 Å². The van der Waals surface area contributed by atoms with Gasteiger partial charge in [-0.25, -0.2) is 0 Å². The largest absolute Gasteiger partial charge is 0.490 e. The van der Waals surface area contributed by atoms with E-state index in [0.717, 1.165) is 31.4 Å². The van der Waals surface area contributed by atoms with Gasteiger partial charge in [-0.05, 0) is 36.3 Å². The van der Waals surface area contributed by atoms with Crippen LogP contribution in [0.25, 0.3) is 0 Å². The monoisotopic (exact) mass is 248 g/mol. The van der Waals surface area contributed by atoms with Gasteiger partial charge in [0.05, 0.1) is 6.10 Å². The summed E-state index contributed by atoms with van der Waals surface area (Å²) < 4.78 is 5.89. The van der Waals surface area contributed by atoms with Crippen LogP contribution in [0.1, 0.15) is 45.6 Å². The van der Waals surface area contributed by atoms with Crippen LogP contribution < -0.4 is 4.74 Å². The zero-order valence-corrected chi connectivity index (χ0v) is 11.6. The molecule has 0 saturated carbocycles. The molecule has 0 aromatic heterocycles. The SMILES string of the molecule is CC(C)(C)C(O)CCCC1Cc2ccccc2O1. The average molecular weight is 248 g/mol. The number of hydrogen-bond donors (Lipinski definition) is 1. The maximum Gasteiger partial charge on any atom is 0.123 e. The van der Waals surface area contributed by atoms with Gasteiger partial charge < -0.3 is 9.84 Å². The molecule has 2 rings (SSSR count). The van der Waals surface area contributed by atoms with E-state index in [4.69, 9.17) is 4.74 Å². The number of hydrogen-bond acceptors (Lipinski definition) is 2. The van der Waals surface area contributed by atoms with Gasteiger partial charge in [-0.15, -0.1) is 0 Å². The third-order valence-corrected chi connectivity index (χ3v) is 3.72. The van der Waals surface area contributed by atoms with Gasteiger partial charge in [0.1, 0.15) is 11.9 Å². The predicted molar refractivity (Wildman–Crippen MR) is 73.9 cm³/mol. The molecule has 100 valence electrons. The van der Waals surface area contributed by atoms with E-state index in [9.17, 15) is 5.11 Å². The topological polar surface area (TPSA) is 29.5 Å². The van der Waals surface area contributed by atoms with Gasteiger partial charge in [0.2, 0.25) is 0 Å². The van der Waals surface area contributed by atoms with Crippen molar-refractivity contribution in [3.05, 3.63) is 29.8 Å². The van der Waals surface area contributed by atoms with Crippen LogP contribution in [-0.4, -0.2) is 17.3 Å². The number of ether oxygens (including phenoxy) is 1. The minimum atomic E-state index is -0.221. The summed E-state index contributed by atoms with van der Waals surface area (Å²) in [5, 5.41) is 9.99. The molecule has 1 aromatic rings. The van der Waals surface area contributed by atoms with Crippen LogP contribution in [0.15, 0.2) is 24.3 Å². The Morgan fingerprint density at radius 3 is 2.72 bits per heavy atom. The van der Waals surface area contributed by atoms with Crippen molar-refractivity contribution < 1.29 is 9.84 Å². The van der Waals surface area contributed by atoms with Crippen LogP contribution >= 0.6 is 0 Å². The smallest absolute Gasteiger partial charge is 0.123 e. The fourth-order valence-corrected chi connectivity index (χ4v) is 2.39. The highest BCUT2D eigenvalue weighted by Crippen LogP contribution is 2.31. The molecular weight excluding hydrogens is 224 g/mol. The van der Waals surface area contributed by atoms with Gasteiger partial charge >= 0.3 is 0 Å². The van der Waals surface area contributed by atoms with Crippen LogP contribution in [0, 0.1) is 5.41 Å². The number of rotatable bonds is 4. The lowest BCUT2D eigenvalue weighted by Gasteiger charge is -2.26. The van der Waals surface area contributed by atoms with Gasteiger partial charge in [0, 0.05) is 6.42 Å². The van der Waals surface area contributed by atoms with Crippen molar-refractivity contribution in [3.8, 4) is 5.75 Å². The number of aliphatic hydroxyl groups excluding tert-OH is 1. The maximum atomic E-state index is 9.99. The molecule has 0 radical (unpaired) electrons. The molecular formula is C16H24O2. The van der Waals surface area contributed by atoms with Crippen LogP contribution in [-0.2, 0) is 6.42 Å². The summed E-state index contributed by atoms with van der Waals surface area (Å²) in [5.74, 6) is 1.04. The number of benzene rings is 1. The zero-order valence-electron chi connectivity index (χ0n) is 11.6. The molecule has 2 atom stereocenters. The second-order valence-electron chi connectivity index (χ2n) is 6.36. The minimum absolute atomic E-state index is 0.0144. The minimum Gasteiger partial charge on any atom is -0.490 e. The van der Waals surface area contributed by atoms with E-state index in [0.29, 0.717) is 6.10 Å². The molecule has 1 heterocycles. The van der Waals surface area contributed by atoms with Gasteiger partial charge in [0.25, 0.3) is 0 Å². The Labute approximate surface area is 110 Å². The first-order valence-electron chi connectivity index (χ1n) is 6.89. The fourth-order valence-electron chi connectivity index (χ4n) is 2.39. The molecule has 1 aromatic carbocycles. The summed E-state index contributed by atoms with van der Waals surface area (Å²) in [7, 11) is 0. The van der Waals surface area contributed by atoms with E-state index in [1.807, 2.05) is 12.1 Å². The molecule has 2 nitrogen and oxygen atoms in total. The Morgan fingerprint density at radius 1 is 1.33 bits per heavy atom. The zero-order chi connectivity index (χ0) is 13.2. The highest BCUT2D eigenvalue weighted by atomic mass is 16.5. The standard InChI is InChI=1S/C16H24O2/c1-16(2,3)15(17)10-6-8-13-11-12-7-4-5-9-14(12)18-13/h4-5,7,9,13,15,17H,6,8,10-11H2,1-3H3. The first-order chi connectivity index (χ1) is 8.47. The van der Waals surface area contributed by atoms with E-state index in [1.165, 1.54) is 5.56 Å². The summed E-state index contributed by atoms with van der Waals surface area (Å²) >= 11 is 0.